The van der Waals surface area contributed by atoms with Crippen LogP contribution in [-0.4, -0.2) is 26.1 Å². The van der Waals surface area contributed by atoms with Crippen LogP contribution < -0.4 is 4.74 Å². The number of benzene rings is 1. The summed E-state index contributed by atoms with van der Waals surface area (Å²) < 4.78 is 5.07. The van der Waals surface area contributed by atoms with E-state index in [4.69, 9.17) is 16.3 Å². The van der Waals surface area contributed by atoms with Gasteiger partial charge in [0.25, 0.3) is 0 Å². The van der Waals surface area contributed by atoms with Crippen molar-refractivity contribution in [3.05, 3.63) is 28.8 Å². The van der Waals surface area contributed by atoms with E-state index in [-0.39, 0.29) is 5.37 Å². The van der Waals surface area contributed by atoms with Crippen LogP contribution in [0.3, 0.4) is 0 Å². The molecular weight excluding hydrogens is 218 g/mol. The third-order valence-electron chi connectivity index (χ3n) is 1.97. The fourth-order valence-corrected chi connectivity index (χ4v) is 1.70. The number of halogens is 1. The van der Waals surface area contributed by atoms with Gasteiger partial charge in [0.05, 0.1) is 12.5 Å². The van der Waals surface area contributed by atoms with E-state index in [2.05, 4.69) is 12.6 Å². The van der Waals surface area contributed by atoms with E-state index in [9.17, 15) is 0 Å². The molecule has 1 aromatic rings. The largest absolute Gasteiger partial charge is 0.497 e. The maximum absolute atomic E-state index is 6.09. The van der Waals surface area contributed by atoms with Crippen molar-refractivity contribution in [2.75, 3.05) is 21.2 Å². The van der Waals surface area contributed by atoms with Crippen molar-refractivity contribution in [2.24, 2.45) is 0 Å². The molecule has 1 aromatic carbocycles. The lowest BCUT2D eigenvalue weighted by molar-refractivity contribution is 0.392. The van der Waals surface area contributed by atoms with Gasteiger partial charge in [0.15, 0.2) is 0 Å². The van der Waals surface area contributed by atoms with Crippen LogP contribution in [0, 0.1) is 0 Å². The number of rotatable bonds is 3. The Kier molecular flexibility index (Phi) is 4.11. The maximum atomic E-state index is 6.09. The van der Waals surface area contributed by atoms with Gasteiger partial charge in [-0.15, -0.1) is 0 Å². The average molecular weight is 232 g/mol. The van der Waals surface area contributed by atoms with Crippen molar-refractivity contribution in [1.29, 1.82) is 0 Å². The summed E-state index contributed by atoms with van der Waals surface area (Å²) in [6, 6.07) is 5.61. The Hall–Kier alpha value is -0.380. The maximum Gasteiger partial charge on any atom is 0.120 e. The van der Waals surface area contributed by atoms with Gasteiger partial charge in [-0.25, -0.2) is 0 Å². The fraction of sp³-hybridized carbons (Fsp3) is 0.400. The molecule has 4 heteroatoms. The molecule has 2 nitrogen and oxygen atoms in total. The first-order valence-electron chi connectivity index (χ1n) is 4.24. The molecule has 0 saturated heterocycles. The van der Waals surface area contributed by atoms with E-state index < -0.39 is 0 Å². The van der Waals surface area contributed by atoms with Gasteiger partial charge in [-0.3, -0.25) is 4.90 Å². The molecule has 0 heterocycles. The summed E-state index contributed by atoms with van der Waals surface area (Å²) in [6.07, 6.45) is 0. The van der Waals surface area contributed by atoms with Gasteiger partial charge in [0.2, 0.25) is 0 Å². The Labute approximate surface area is 95.2 Å². The van der Waals surface area contributed by atoms with E-state index >= 15 is 0 Å². The van der Waals surface area contributed by atoms with E-state index in [1.807, 2.05) is 31.1 Å². The van der Waals surface area contributed by atoms with Crippen LogP contribution >= 0.6 is 24.2 Å². The number of thiol groups is 1. The molecule has 0 N–H and O–H groups in total. The molecule has 0 radical (unpaired) electrons. The first-order valence-corrected chi connectivity index (χ1v) is 5.13. The summed E-state index contributed by atoms with van der Waals surface area (Å²) in [7, 11) is 5.53. The Bertz CT molecular complexity index is 317. The monoisotopic (exact) mass is 231 g/mol. The molecule has 1 rings (SSSR count). The predicted octanol–water partition coefficient (Wildman–Crippen LogP) is 2.84. The second-order valence-corrected chi connectivity index (χ2v) is 4.12. The minimum Gasteiger partial charge on any atom is -0.497 e. The molecule has 14 heavy (non-hydrogen) atoms. The van der Waals surface area contributed by atoms with Crippen LogP contribution in [0.15, 0.2) is 18.2 Å². The molecule has 0 aromatic heterocycles. The van der Waals surface area contributed by atoms with Crippen molar-refractivity contribution in [3.8, 4) is 5.75 Å². The summed E-state index contributed by atoms with van der Waals surface area (Å²) in [5.41, 5.74) is 0.987. The number of hydrogen-bond donors (Lipinski definition) is 1. The molecule has 1 atom stereocenters. The molecule has 0 aliphatic carbocycles. The van der Waals surface area contributed by atoms with Crippen LogP contribution in [-0.2, 0) is 0 Å². The fourth-order valence-electron chi connectivity index (χ4n) is 1.12. The van der Waals surface area contributed by atoms with Crippen molar-refractivity contribution in [1.82, 2.24) is 4.90 Å². The number of nitrogens with zero attached hydrogens (tertiary/aromatic N) is 1. The summed E-state index contributed by atoms with van der Waals surface area (Å²) in [6.45, 7) is 0. The predicted molar refractivity (Wildman–Crippen MR) is 63.4 cm³/mol. The van der Waals surface area contributed by atoms with Crippen molar-refractivity contribution in [2.45, 2.75) is 5.37 Å². The van der Waals surface area contributed by atoms with E-state index in [0.717, 1.165) is 11.3 Å². The van der Waals surface area contributed by atoms with Crippen LogP contribution in [0.25, 0.3) is 0 Å². The molecule has 0 aliphatic heterocycles. The zero-order valence-corrected chi connectivity index (χ0v) is 10.1. The van der Waals surface area contributed by atoms with Gasteiger partial charge in [0.1, 0.15) is 5.75 Å². The summed E-state index contributed by atoms with van der Waals surface area (Å²) >= 11 is 10.5. The molecule has 0 fully saturated rings. The summed E-state index contributed by atoms with van der Waals surface area (Å²) in [5.74, 6) is 0.762. The topological polar surface area (TPSA) is 12.5 Å². The summed E-state index contributed by atoms with van der Waals surface area (Å²) in [4.78, 5) is 1.98. The lowest BCUT2D eigenvalue weighted by Crippen LogP contribution is -2.15. The van der Waals surface area contributed by atoms with Crippen LogP contribution in [0.1, 0.15) is 10.9 Å². The van der Waals surface area contributed by atoms with E-state index in [1.54, 1.807) is 13.2 Å². The first-order chi connectivity index (χ1) is 6.56. The SMILES string of the molecule is COc1ccc(C(S)N(C)C)c(Cl)c1. The lowest BCUT2D eigenvalue weighted by Gasteiger charge is -2.20. The molecule has 0 spiro atoms. The standard InChI is InChI=1S/C10H14ClNOS/c1-12(2)10(14)8-5-4-7(13-3)6-9(8)11/h4-6,10,14H,1-3H3. The highest BCUT2D eigenvalue weighted by Crippen LogP contribution is 2.31. The highest BCUT2D eigenvalue weighted by atomic mass is 35.5. The highest BCUT2D eigenvalue weighted by molar-refractivity contribution is 7.80. The lowest BCUT2D eigenvalue weighted by atomic mass is 10.2. The first kappa shape index (κ1) is 11.7. The zero-order valence-electron chi connectivity index (χ0n) is 8.49. The number of hydrogen-bond acceptors (Lipinski definition) is 3. The molecule has 0 amide bonds. The van der Waals surface area contributed by atoms with Crippen LogP contribution in [0.4, 0.5) is 0 Å². The van der Waals surface area contributed by atoms with Gasteiger partial charge >= 0.3 is 0 Å². The number of methoxy groups -OCH3 is 1. The van der Waals surface area contributed by atoms with Gasteiger partial charge < -0.3 is 4.74 Å². The second-order valence-electron chi connectivity index (χ2n) is 3.22. The van der Waals surface area contributed by atoms with Crippen molar-refractivity contribution >= 4 is 24.2 Å². The Morgan fingerprint density at radius 1 is 1.43 bits per heavy atom. The quantitative estimate of drug-likeness (QED) is 0.635. The zero-order chi connectivity index (χ0) is 10.7. The Morgan fingerprint density at radius 2 is 2.07 bits per heavy atom. The van der Waals surface area contributed by atoms with Gasteiger partial charge in [0, 0.05) is 5.02 Å². The Morgan fingerprint density at radius 3 is 2.50 bits per heavy atom. The Balaban J connectivity index is 2.99. The van der Waals surface area contributed by atoms with Gasteiger partial charge in [-0.1, -0.05) is 17.7 Å². The molecule has 0 aliphatic rings. The van der Waals surface area contributed by atoms with Crippen LogP contribution in [0.5, 0.6) is 5.75 Å². The molecular formula is C10H14ClNOS. The number of ether oxygens (including phenoxy) is 1. The van der Waals surface area contributed by atoms with E-state index in [0.29, 0.717) is 5.02 Å². The smallest absolute Gasteiger partial charge is 0.120 e. The minimum atomic E-state index is 0.00778. The second kappa shape index (κ2) is 4.91. The van der Waals surface area contributed by atoms with Crippen LogP contribution in [0.2, 0.25) is 5.02 Å². The third-order valence-corrected chi connectivity index (χ3v) is 3.04. The average Bonchev–Trinajstić information content (AvgIpc) is 2.16. The van der Waals surface area contributed by atoms with E-state index in [1.165, 1.54) is 0 Å². The molecule has 0 bridgehead atoms. The van der Waals surface area contributed by atoms with Crippen molar-refractivity contribution in [3.63, 3.8) is 0 Å². The molecule has 0 saturated carbocycles. The normalized spacial score (nSPS) is 13.0. The third kappa shape index (κ3) is 2.56. The van der Waals surface area contributed by atoms with Gasteiger partial charge in [-0.05, 0) is 31.8 Å². The summed E-state index contributed by atoms with van der Waals surface area (Å²) in [5, 5.41) is 0.687. The van der Waals surface area contributed by atoms with Gasteiger partial charge in [-0.2, -0.15) is 12.6 Å². The van der Waals surface area contributed by atoms with Crippen molar-refractivity contribution < 1.29 is 4.74 Å². The highest BCUT2D eigenvalue weighted by Gasteiger charge is 2.12. The minimum absolute atomic E-state index is 0.00778. The molecule has 1 unspecified atom stereocenters. The molecule has 78 valence electrons.